The van der Waals surface area contributed by atoms with E-state index in [4.69, 9.17) is 16.3 Å². The van der Waals surface area contributed by atoms with Gasteiger partial charge in [0.25, 0.3) is 15.9 Å². The molecule has 10 heteroatoms. The van der Waals surface area contributed by atoms with Crippen LogP contribution in [-0.4, -0.2) is 57.5 Å². The molecule has 2 aromatic carbocycles. The highest BCUT2D eigenvalue weighted by Gasteiger charge is 2.24. The number of methoxy groups -OCH3 is 1. The van der Waals surface area contributed by atoms with Gasteiger partial charge in [0.2, 0.25) is 0 Å². The second-order valence-corrected chi connectivity index (χ2v) is 9.59. The van der Waals surface area contributed by atoms with E-state index in [-0.39, 0.29) is 10.8 Å². The lowest BCUT2D eigenvalue weighted by atomic mass is 10.2. The van der Waals surface area contributed by atoms with E-state index < -0.39 is 10.0 Å². The standard InChI is InChI=1S/C23H23ClN4O4S/c1-32-20-8-6-19(7-9-20)26-33(30,31)21-4-2-3-17(15-21)23(29)28-13-11-27(12-14-28)22-10-5-18(24)16-25-22/h2-10,15-16,26H,11-14H2,1H3. The van der Waals surface area contributed by atoms with Gasteiger partial charge < -0.3 is 14.5 Å². The van der Waals surface area contributed by atoms with E-state index in [0.717, 1.165) is 5.82 Å². The van der Waals surface area contributed by atoms with E-state index in [1.54, 1.807) is 53.6 Å². The summed E-state index contributed by atoms with van der Waals surface area (Å²) in [6, 6.07) is 16.3. The van der Waals surface area contributed by atoms with Crippen molar-refractivity contribution < 1.29 is 17.9 Å². The number of nitrogens with zero attached hydrogens (tertiary/aromatic N) is 3. The van der Waals surface area contributed by atoms with Gasteiger partial charge in [0.1, 0.15) is 11.6 Å². The number of carbonyl (C=O) groups excluding carboxylic acids is 1. The maximum Gasteiger partial charge on any atom is 0.261 e. The van der Waals surface area contributed by atoms with Crippen molar-refractivity contribution in [3.63, 3.8) is 0 Å². The van der Waals surface area contributed by atoms with Crippen molar-refractivity contribution in [2.45, 2.75) is 4.90 Å². The van der Waals surface area contributed by atoms with Crippen LogP contribution in [0.1, 0.15) is 10.4 Å². The van der Waals surface area contributed by atoms with E-state index in [1.165, 1.54) is 19.2 Å². The average Bonchev–Trinajstić information content (AvgIpc) is 2.84. The molecule has 0 unspecified atom stereocenters. The number of carbonyl (C=O) groups is 1. The van der Waals surface area contributed by atoms with Gasteiger partial charge in [-0.2, -0.15) is 0 Å². The molecular weight excluding hydrogens is 464 g/mol. The predicted octanol–water partition coefficient (Wildman–Crippen LogP) is 3.51. The van der Waals surface area contributed by atoms with Crippen molar-refractivity contribution in [3.8, 4) is 5.75 Å². The van der Waals surface area contributed by atoms with Crippen LogP contribution in [0.4, 0.5) is 11.5 Å². The van der Waals surface area contributed by atoms with Crippen LogP contribution in [0.3, 0.4) is 0 Å². The first-order valence-electron chi connectivity index (χ1n) is 10.3. The molecule has 0 spiro atoms. The zero-order valence-corrected chi connectivity index (χ0v) is 19.5. The minimum atomic E-state index is -3.86. The molecule has 0 bridgehead atoms. The summed E-state index contributed by atoms with van der Waals surface area (Å²) >= 11 is 5.90. The Hall–Kier alpha value is -3.30. The molecule has 33 heavy (non-hydrogen) atoms. The number of piperazine rings is 1. The van der Waals surface area contributed by atoms with Crippen LogP contribution in [0.25, 0.3) is 0 Å². The molecule has 8 nitrogen and oxygen atoms in total. The Bertz CT molecular complexity index is 1230. The Morgan fingerprint density at radius 1 is 1.03 bits per heavy atom. The van der Waals surface area contributed by atoms with Gasteiger partial charge in [-0.25, -0.2) is 13.4 Å². The number of nitrogens with one attached hydrogen (secondary N) is 1. The molecule has 4 rings (SSSR count). The first-order valence-corrected chi connectivity index (χ1v) is 12.1. The zero-order valence-electron chi connectivity index (χ0n) is 17.9. The molecule has 1 aromatic heterocycles. The van der Waals surface area contributed by atoms with Gasteiger partial charge in [-0.15, -0.1) is 0 Å². The second kappa shape index (κ2) is 9.68. The lowest BCUT2D eigenvalue weighted by Crippen LogP contribution is -2.49. The third-order valence-corrected chi connectivity index (χ3v) is 6.94. The van der Waals surface area contributed by atoms with Crippen LogP contribution >= 0.6 is 11.6 Å². The molecule has 3 aromatic rings. The van der Waals surface area contributed by atoms with Crippen molar-refractivity contribution in [2.75, 3.05) is 42.9 Å². The van der Waals surface area contributed by atoms with Crippen LogP contribution in [0.15, 0.2) is 71.8 Å². The Kier molecular flexibility index (Phi) is 6.71. The first kappa shape index (κ1) is 22.9. The van der Waals surface area contributed by atoms with Crippen molar-refractivity contribution in [1.82, 2.24) is 9.88 Å². The lowest BCUT2D eigenvalue weighted by Gasteiger charge is -2.35. The summed E-state index contributed by atoms with van der Waals surface area (Å²) in [4.78, 5) is 21.2. The minimum Gasteiger partial charge on any atom is -0.497 e. The number of aromatic nitrogens is 1. The molecule has 0 atom stereocenters. The lowest BCUT2D eigenvalue weighted by molar-refractivity contribution is 0.0746. The SMILES string of the molecule is COc1ccc(NS(=O)(=O)c2cccc(C(=O)N3CCN(c4ccc(Cl)cn4)CC3)c2)cc1. The number of rotatable bonds is 6. The predicted molar refractivity (Wildman–Crippen MR) is 128 cm³/mol. The molecule has 1 aliphatic rings. The quantitative estimate of drug-likeness (QED) is 0.573. The van der Waals surface area contributed by atoms with Gasteiger partial charge in [0, 0.05) is 43.6 Å². The number of ether oxygens (including phenoxy) is 1. The first-order chi connectivity index (χ1) is 15.9. The highest BCUT2D eigenvalue weighted by Crippen LogP contribution is 2.21. The van der Waals surface area contributed by atoms with Gasteiger partial charge in [0.15, 0.2) is 0 Å². The number of sulfonamides is 1. The molecule has 1 amide bonds. The summed E-state index contributed by atoms with van der Waals surface area (Å²) in [5, 5.41) is 0.573. The van der Waals surface area contributed by atoms with Crippen LogP contribution in [0, 0.1) is 0 Å². The molecule has 0 radical (unpaired) electrons. The fourth-order valence-corrected chi connectivity index (χ4v) is 4.76. The van der Waals surface area contributed by atoms with Crippen LogP contribution in [-0.2, 0) is 10.0 Å². The molecule has 0 saturated carbocycles. The topological polar surface area (TPSA) is 91.8 Å². The van der Waals surface area contributed by atoms with Crippen LogP contribution in [0.5, 0.6) is 5.75 Å². The van der Waals surface area contributed by atoms with E-state index in [2.05, 4.69) is 14.6 Å². The van der Waals surface area contributed by atoms with Gasteiger partial charge in [0.05, 0.1) is 17.0 Å². The number of anilines is 2. The molecular formula is C23H23ClN4O4S. The molecule has 1 N–H and O–H groups in total. The Labute approximate surface area is 197 Å². The van der Waals surface area contributed by atoms with Crippen molar-refractivity contribution >= 4 is 39.0 Å². The number of pyridine rings is 1. The summed E-state index contributed by atoms with van der Waals surface area (Å²) in [5.41, 5.74) is 0.727. The fourth-order valence-electron chi connectivity index (χ4n) is 3.55. The van der Waals surface area contributed by atoms with E-state index >= 15 is 0 Å². The number of halogens is 1. The van der Waals surface area contributed by atoms with Crippen molar-refractivity contribution in [1.29, 1.82) is 0 Å². The molecule has 1 fully saturated rings. The molecule has 0 aliphatic carbocycles. The normalized spacial score (nSPS) is 14.1. The largest absolute Gasteiger partial charge is 0.497 e. The average molecular weight is 487 g/mol. The van der Waals surface area contributed by atoms with E-state index in [1.807, 2.05) is 6.07 Å². The summed E-state index contributed by atoms with van der Waals surface area (Å²) in [6.07, 6.45) is 1.60. The van der Waals surface area contributed by atoms with Crippen molar-refractivity contribution in [2.24, 2.45) is 0 Å². The highest BCUT2D eigenvalue weighted by molar-refractivity contribution is 7.92. The third kappa shape index (κ3) is 5.37. The maximum atomic E-state index is 13.0. The molecule has 1 saturated heterocycles. The smallest absolute Gasteiger partial charge is 0.261 e. The minimum absolute atomic E-state index is 0.0215. The Morgan fingerprint density at radius 2 is 1.76 bits per heavy atom. The molecule has 172 valence electrons. The zero-order chi connectivity index (χ0) is 23.4. The number of hydrogen-bond acceptors (Lipinski definition) is 6. The fraction of sp³-hybridized carbons (Fsp3) is 0.217. The number of amides is 1. The summed E-state index contributed by atoms with van der Waals surface area (Å²) in [7, 11) is -2.32. The van der Waals surface area contributed by atoms with E-state index in [9.17, 15) is 13.2 Å². The van der Waals surface area contributed by atoms with Crippen LogP contribution in [0.2, 0.25) is 5.02 Å². The monoisotopic (exact) mass is 486 g/mol. The Morgan fingerprint density at radius 3 is 2.39 bits per heavy atom. The Balaban J connectivity index is 1.43. The highest BCUT2D eigenvalue weighted by atomic mass is 35.5. The molecule has 2 heterocycles. The van der Waals surface area contributed by atoms with Crippen molar-refractivity contribution in [3.05, 3.63) is 77.4 Å². The van der Waals surface area contributed by atoms with Gasteiger partial charge in [-0.3, -0.25) is 9.52 Å². The van der Waals surface area contributed by atoms with Gasteiger partial charge in [-0.1, -0.05) is 17.7 Å². The third-order valence-electron chi connectivity index (χ3n) is 5.34. The molecule has 1 aliphatic heterocycles. The summed E-state index contributed by atoms with van der Waals surface area (Å²) < 4.78 is 33.3. The van der Waals surface area contributed by atoms with Gasteiger partial charge >= 0.3 is 0 Å². The number of benzene rings is 2. The second-order valence-electron chi connectivity index (χ2n) is 7.48. The number of hydrogen-bond donors (Lipinski definition) is 1. The van der Waals surface area contributed by atoms with Crippen LogP contribution < -0.4 is 14.4 Å². The summed E-state index contributed by atoms with van der Waals surface area (Å²) in [5.74, 6) is 1.22. The van der Waals surface area contributed by atoms with E-state index in [0.29, 0.717) is 48.2 Å². The summed E-state index contributed by atoms with van der Waals surface area (Å²) in [6.45, 7) is 2.25. The maximum absolute atomic E-state index is 13.0. The van der Waals surface area contributed by atoms with Gasteiger partial charge in [-0.05, 0) is 54.6 Å².